The zero-order valence-electron chi connectivity index (χ0n) is 11.1. The number of halogens is 1. The monoisotopic (exact) mass is 252 g/mol. The number of rotatable bonds is 0. The van der Waals surface area contributed by atoms with Crippen molar-refractivity contribution >= 4 is 11.6 Å². The molecule has 1 heterocycles. The predicted molar refractivity (Wildman–Crippen MR) is 73.2 cm³/mol. The highest BCUT2D eigenvalue weighted by Crippen LogP contribution is 2.39. The van der Waals surface area contributed by atoms with Gasteiger partial charge in [0.2, 0.25) is 0 Å². The fraction of sp³-hybridized carbons (Fsp3) is 0.600. The van der Waals surface area contributed by atoms with Crippen LogP contribution in [0.5, 0.6) is 5.75 Å². The van der Waals surface area contributed by atoms with E-state index in [2.05, 4.69) is 32.9 Å². The molecule has 0 fully saturated rings. The van der Waals surface area contributed by atoms with Crippen LogP contribution in [0.1, 0.15) is 57.1 Å². The molecule has 0 amide bonds. The third-order valence-electron chi connectivity index (χ3n) is 3.62. The summed E-state index contributed by atoms with van der Waals surface area (Å²) in [6, 6.07) is 4.17. The molecule has 0 saturated carbocycles. The van der Waals surface area contributed by atoms with Gasteiger partial charge in [0.15, 0.2) is 0 Å². The quantitative estimate of drug-likeness (QED) is 0.625. The second-order valence-electron chi connectivity index (χ2n) is 5.79. The molecule has 0 bridgehead atoms. The summed E-state index contributed by atoms with van der Waals surface area (Å²) in [5.41, 5.74) is 2.28. The first kappa shape index (κ1) is 12.8. The van der Waals surface area contributed by atoms with E-state index in [1.165, 1.54) is 18.4 Å². The van der Waals surface area contributed by atoms with Crippen LogP contribution in [0.15, 0.2) is 12.1 Å². The first-order valence-electron chi connectivity index (χ1n) is 6.38. The Balaban J connectivity index is 2.48. The van der Waals surface area contributed by atoms with Crippen molar-refractivity contribution in [2.24, 2.45) is 0 Å². The van der Waals surface area contributed by atoms with Crippen LogP contribution in [0.2, 0.25) is 5.02 Å². The highest BCUT2D eigenvalue weighted by atomic mass is 35.5. The SMILES string of the molecule is Cc1cc2c(cc1Cl)[C@H](C)CCCC(C)(C)O2. The van der Waals surface area contributed by atoms with Crippen molar-refractivity contribution in [2.45, 2.75) is 58.5 Å². The topological polar surface area (TPSA) is 9.23 Å². The molecular formula is C15H21ClO. The maximum absolute atomic E-state index is 6.22. The third-order valence-corrected chi connectivity index (χ3v) is 4.03. The zero-order chi connectivity index (χ0) is 12.6. The van der Waals surface area contributed by atoms with Crippen molar-refractivity contribution in [1.82, 2.24) is 0 Å². The van der Waals surface area contributed by atoms with E-state index in [0.717, 1.165) is 22.8 Å². The van der Waals surface area contributed by atoms with Gasteiger partial charge in [0.1, 0.15) is 11.4 Å². The molecule has 0 spiro atoms. The Kier molecular flexibility index (Phi) is 3.40. The largest absolute Gasteiger partial charge is 0.488 e. The van der Waals surface area contributed by atoms with E-state index >= 15 is 0 Å². The molecule has 1 aliphatic rings. The normalized spacial score (nSPS) is 23.2. The van der Waals surface area contributed by atoms with Crippen molar-refractivity contribution in [2.75, 3.05) is 0 Å². The van der Waals surface area contributed by atoms with E-state index in [1.807, 2.05) is 6.92 Å². The van der Waals surface area contributed by atoms with E-state index in [0.29, 0.717) is 5.92 Å². The maximum atomic E-state index is 6.22. The molecule has 1 nitrogen and oxygen atoms in total. The van der Waals surface area contributed by atoms with Crippen LogP contribution in [0.25, 0.3) is 0 Å². The lowest BCUT2D eigenvalue weighted by molar-refractivity contribution is 0.0891. The van der Waals surface area contributed by atoms with Crippen molar-refractivity contribution in [3.63, 3.8) is 0 Å². The Labute approximate surface area is 109 Å². The van der Waals surface area contributed by atoms with Gasteiger partial charge in [0.05, 0.1) is 0 Å². The molecular weight excluding hydrogens is 232 g/mol. The summed E-state index contributed by atoms with van der Waals surface area (Å²) in [5, 5.41) is 0.845. The molecule has 17 heavy (non-hydrogen) atoms. The van der Waals surface area contributed by atoms with Gasteiger partial charge in [-0.25, -0.2) is 0 Å². The fourth-order valence-corrected chi connectivity index (χ4v) is 2.65. The van der Waals surface area contributed by atoms with Gasteiger partial charge in [-0.2, -0.15) is 0 Å². The predicted octanol–water partition coefficient (Wildman–Crippen LogP) is 5.09. The van der Waals surface area contributed by atoms with Gasteiger partial charge < -0.3 is 4.74 Å². The molecule has 94 valence electrons. The summed E-state index contributed by atoms with van der Waals surface area (Å²) < 4.78 is 6.17. The summed E-state index contributed by atoms with van der Waals surface area (Å²) in [5.74, 6) is 1.54. The van der Waals surface area contributed by atoms with Crippen LogP contribution in [0.3, 0.4) is 0 Å². The van der Waals surface area contributed by atoms with Crippen molar-refractivity contribution in [1.29, 1.82) is 0 Å². The maximum Gasteiger partial charge on any atom is 0.123 e. The van der Waals surface area contributed by atoms with E-state index in [9.17, 15) is 0 Å². The molecule has 0 radical (unpaired) electrons. The summed E-state index contributed by atoms with van der Waals surface area (Å²) in [6.45, 7) is 8.61. The first-order valence-corrected chi connectivity index (χ1v) is 6.76. The van der Waals surface area contributed by atoms with Gasteiger partial charge in [-0.15, -0.1) is 0 Å². The van der Waals surface area contributed by atoms with Gasteiger partial charge >= 0.3 is 0 Å². The van der Waals surface area contributed by atoms with Crippen LogP contribution in [0.4, 0.5) is 0 Å². The molecule has 0 saturated heterocycles. The van der Waals surface area contributed by atoms with Crippen LogP contribution in [-0.4, -0.2) is 5.60 Å². The molecule has 0 aliphatic carbocycles. The number of aryl methyl sites for hydroxylation is 1. The Morgan fingerprint density at radius 1 is 1.35 bits per heavy atom. The molecule has 0 aromatic heterocycles. The average molecular weight is 253 g/mol. The Morgan fingerprint density at radius 2 is 2.06 bits per heavy atom. The number of hydrogen-bond acceptors (Lipinski definition) is 1. The van der Waals surface area contributed by atoms with E-state index in [4.69, 9.17) is 16.3 Å². The number of ether oxygens (including phenoxy) is 1. The number of fused-ring (bicyclic) bond motifs is 1. The third kappa shape index (κ3) is 2.77. The van der Waals surface area contributed by atoms with Gasteiger partial charge in [0.25, 0.3) is 0 Å². The number of benzene rings is 1. The minimum absolute atomic E-state index is 0.0742. The van der Waals surface area contributed by atoms with Crippen molar-refractivity contribution in [3.05, 3.63) is 28.3 Å². The highest BCUT2D eigenvalue weighted by molar-refractivity contribution is 6.31. The van der Waals surface area contributed by atoms with Crippen molar-refractivity contribution in [3.8, 4) is 5.75 Å². The molecule has 2 rings (SSSR count). The minimum Gasteiger partial charge on any atom is -0.488 e. The first-order chi connectivity index (χ1) is 7.89. The van der Waals surface area contributed by atoms with Crippen LogP contribution >= 0.6 is 11.6 Å². The average Bonchev–Trinajstić information content (AvgIpc) is 2.20. The van der Waals surface area contributed by atoms with Gasteiger partial charge in [-0.1, -0.05) is 18.5 Å². The zero-order valence-corrected chi connectivity index (χ0v) is 11.9. The lowest BCUT2D eigenvalue weighted by Crippen LogP contribution is -2.30. The molecule has 1 atom stereocenters. The summed E-state index contributed by atoms with van der Waals surface area (Å²) in [7, 11) is 0. The van der Waals surface area contributed by atoms with Gasteiger partial charge in [-0.3, -0.25) is 0 Å². The Bertz CT molecular complexity index is 423. The molecule has 0 N–H and O–H groups in total. The molecule has 1 aromatic rings. The highest BCUT2D eigenvalue weighted by Gasteiger charge is 2.26. The van der Waals surface area contributed by atoms with Crippen molar-refractivity contribution < 1.29 is 4.74 Å². The fourth-order valence-electron chi connectivity index (χ4n) is 2.48. The van der Waals surface area contributed by atoms with E-state index in [1.54, 1.807) is 0 Å². The second kappa shape index (κ2) is 4.53. The minimum atomic E-state index is -0.0742. The molecule has 0 unspecified atom stereocenters. The summed E-state index contributed by atoms with van der Waals surface area (Å²) in [4.78, 5) is 0. The van der Waals surface area contributed by atoms with E-state index in [-0.39, 0.29) is 5.60 Å². The standard InChI is InChI=1S/C15H21ClO/c1-10-6-5-7-15(3,4)17-14-8-11(2)13(16)9-12(10)14/h8-10H,5-7H2,1-4H3/t10-/m1/s1. The molecule has 2 heteroatoms. The summed E-state index contributed by atoms with van der Waals surface area (Å²) >= 11 is 6.22. The lowest BCUT2D eigenvalue weighted by atomic mass is 9.89. The lowest BCUT2D eigenvalue weighted by Gasteiger charge is -2.32. The Morgan fingerprint density at radius 3 is 2.76 bits per heavy atom. The van der Waals surface area contributed by atoms with Crippen LogP contribution in [0, 0.1) is 6.92 Å². The Hall–Kier alpha value is -0.690. The molecule has 1 aromatic carbocycles. The van der Waals surface area contributed by atoms with Crippen LogP contribution < -0.4 is 4.74 Å². The smallest absolute Gasteiger partial charge is 0.123 e. The molecule has 1 aliphatic heterocycles. The second-order valence-corrected chi connectivity index (χ2v) is 6.20. The van der Waals surface area contributed by atoms with Crippen LogP contribution in [-0.2, 0) is 0 Å². The summed E-state index contributed by atoms with van der Waals surface area (Å²) in [6.07, 6.45) is 3.52. The van der Waals surface area contributed by atoms with Gasteiger partial charge in [0, 0.05) is 5.02 Å². The van der Waals surface area contributed by atoms with E-state index < -0.39 is 0 Å². The number of hydrogen-bond donors (Lipinski definition) is 0. The van der Waals surface area contributed by atoms with Gasteiger partial charge in [-0.05, 0) is 69.2 Å².